The third-order valence-corrected chi connectivity index (χ3v) is 5.72. The summed E-state index contributed by atoms with van der Waals surface area (Å²) >= 11 is 0. The maximum absolute atomic E-state index is 12.7. The molecule has 1 aliphatic carbocycles. The summed E-state index contributed by atoms with van der Waals surface area (Å²) in [7, 11) is 0. The van der Waals surface area contributed by atoms with Crippen LogP contribution in [0.5, 0.6) is 0 Å². The molecule has 2 fully saturated rings. The first kappa shape index (κ1) is 17.4. The van der Waals surface area contributed by atoms with Crippen molar-refractivity contribution < 1.29 is 9.53 Å². The van der Waals surface area contributed by atoms with Crippen LogP contribution in [-0.2, 0) is 11.3 Å². The van der Waals surface area contributed by atoms with Crippen molar-refractivity contribution in [2.45, 2.75) is 50.7 Å². The van der Waals surface area contributed by atoms with Crippen LogP contribution in [0.3, 0.4) is 0 Å². The van der Waals surface area contributed by atoms with Gasteiger partial charge in [-0.25, -0.2) is 0 Å². The van der Waals surface area contributed by atoms with Crippen molar-refractivity contribution in [1.29, 1.82) is 0 Å². The normalized spacial score (nSPS) is 22.2. The molecule has 1 aliphatic heterocycles. The van der Waals surface area contributed by atoms with Gasteiger partial charge in [-0.2, -0.15) is 0 Å². The highest BCUT2D eigenvalue weighted by molar-refractivity contribution is 5.94. The van der Waals surface area contributed by atoms with Gasteiger partial charge in [-0.15, -0.1) is 0 Å². The molecule has 1 atom stereocenters. The Bertz CT molecular complexity index is 546. The van der Waals surface area contributed by atoms with Crippen molar-refractivity contribution in [1.82, 2.24) is 10.2 Å². The summed E-state index contributed by atoms with van der Waals surface area (Å²) in [5.41, 5.74) is 7.45. The van der Waals surface area contributed by atoms with Crippen LogP contribution >= 0.6 is 0 Å². The van der Waals surface area contributed by atoms with Gasteiger partial charge in [0.05, 0.1) is 13.2 Å². The Labute approximate surface area is 144 Å². The van der Waals surface area contributed by atoms with E-state index >= 15 is 0 Å². The van der Waals surface area contributed by atoms with Crippen molar-refractivity contribution >= 4 is 5.91 Å². The third kappa shape index (κ3) is 3.48. The zero-order valence-electron chi connectivity index (χ0n) is 14.6. The van der Waals surface area contributed by atoms with Crippen LogP contribution < -0.4 is 11.1 Å². The van der Waals surface area contributed by atoms with E-state index in [1.807, 2.05) is 24.3 Å². The van der Waals surface area contributed by atoms with Gasteiger partial charge < -0.3 is 15.8 Å². The molecule has 1 saturated carbocycles. The van der Waals surface area contributed by atoms with Crippen molar-refractivity contribution in [3.05, 3.63) is 35.4 Å². The molecule has 1 heterocycles. The monoisotopic (exact) mass is 331 g/mol. The molecule has 0 bridgehead atoms. The lowest BCUT2D eigenvalue weighted by Crippen LogP contribution is -2.62. The van der Waals surface area contributed by atoms with Gasteiger partial charge in [0.1, 0.15) is 0 Å². The number of carbonyl (C=O) groups is 1. The van der Waals surface area contributed by atoms with E-state index < -0.39 is 0 Å². The fourth-order valence-corrected chi connectivity index (χ4v) is 4.23. The van der Waals surface area contributed by atoms with Crippen LogP contribution in [0.25, 0.3) is 0 Å². The molecule has 3 N–H and O–H groups in total. The summed E-state index contributed by atoms with van der Waals surface area (Å²) in [6.07, 6.45) is 4.78. The van der Waals surface area contributed by atoms with Gasteiger partial charge in [-0.3, -0.25) is 9.69 Å². The molecular weight excluding hydrogens is 302 g/mol. The van der Waals surface area contributed by atoms with Gasteiger partial charge in [0, 0.05) is 36.8 Å². The molecule has 132 valence electrons. The molecule has 5 heteroatoms. The topological polar surface area (TPSA) is 67.6 Å². The minimum atomic E-state index is 0.00519. The Morgan fingerprint density at radius 3 is 2.46 bits per heavy atom. The van der Waals surface area contributed by atoms with Gasteiger partial charge >= 0.3 is 0 Å². The fourth-order valence-electron chi connectivity index (χ4n) is 4.23. The predicted molar refractivity (Wildman–Crippen MR) is 94.9 cm³/mol. The second-order valence-electron chi connectivity index (χ2n) is 7.01. The smallest absolute Gasteiger partial charge is 0.251 e. The molecule has 1 aromatic carbocycles. The van der Waals surface area contributed by atoms with E-state index in [2.05, 4.69) is 17.1 Å². The molecule has 0 spiro atoms. The molecule has 5 nitrogen and oxygen atoms in total. The summed E-state index contributed by atoms with van der Waals surface area (Å²) in [5, 5.41) is 3.26. The maximum Gasteiger partial charge on any atom is 0.251 e. The molecule has 3 rings (SSSR count). The number of nitrogens with two attached hydrogens (primary N) is 1. The second kappa shape index (κ2) is 7.64. The molecule has 1 amide bonds. The van der Waals surface area contributed by atoms with Crippen molar-refractivity contribution in [3.63, 3.8) is 0 Å². The van der Waals surface area contributed by atoms with Crippen molar-refractivity contribution in [2.24, 2.45) is 5.73 Å². The number of hydrogen-bond donors (Lipinski definition) is 2. The lowest BCUT2D eigenvalue weighted by Gasteiger charge is -2.47. The number of rotatable bonds is 5. The Kier molecular flexibility index (Phi) is 5.54. The van der Waals surface area contributed by atoms with E-state index in [1.54, 1.807) is 0 Å². The standard InChI is InChI=1S/C19H29N3O2/c1-15(21-18(23)17-6-4-16(14-20)5-7-17)19(8-2-3-9-19)22-10-12-24-13-11-22/h4-7,15H,2-3,8-14,20H2,1H3,(H,21,23). The molecule has 1 unspecified atom stereocenters. The van der Waals surface area contributed by atoms with Crippen molar-refractivity contribution in [2.75, 3.05) is 26.3 Å². The quantitative estimate of drug-likeness (QED) is 0.865. The van der Waals surface area contributed by atoms with Gasteiger partial charge in [0.2, 0.25) is 0 Å². The Balaban J connectivity index is 1.70. The maximum atomic E-state index is 12.7. The molecule has 1 saturated heterocycles. The molecule has 0 radical (unpaired) electrons. The van der Waals surface area contributed by atoms with E-state index in [4.69, 9.17) is 10.5 Å². The number of carbonyl (C=O) groups excluding carboxylic acids is 1. The minimum absolute atomic E-state index is 0.00519. The Morgan fingerprint density at radius 2 is 1.88 bits per heavy atom. The highest BCUT2D eigenvalue weighted by atomic mass is 16.5. The largest absolute Gasteiger partial charge is 0.379 e. The van der Waals surface area contributed by atoms with Crippen LogP contribution in [0.1, 0.15) is 48.5 Å². The highest BCUT2D eigenvalue weighted by Crippen LogP contribution is 2.38. The first-order valence-corrected chi connectivity index (χ1v) is 9.08. The lowest BCUT2D eigenvalue weighted by molar-refractivity contribution is -0.0323. The van der Waals surface area contributed by atoms with E-state index in [1.165, 1.54) is 12.8 Å². The minimum Gasteiger partial charge on any atom is -0.379 e. The highest BCUT2D eigenvalue weighted by Gasteiger charge is 2.44. The predicted octanol–water partition coefficient (Wildman–Crippen LogP) is 1.91. The molecule has 24 heavy (non-hydrogen) atoms. The van der Waals surface area contributed by atoms with Crippen LogP contribution in [0.2, 0.25) is 0 Å². The SMILES string of the molecule is CC(NC(=O)c1ccc(CN)cc1)C1(N2CCOCC2)CCCC1. The molecular formula is C19H29N3O2. The average molecular weight is 331 g/mol. The molecule has 2 aliphatic rings. The summed E-state index contributed by atoms with van der Waals surface area (Å²) in [6.45, 7) is 6.17. The molecule has 1 aromatic rings. The average Bonchev–Trinajstić information content (AvgIpc) is 3.13. The number of nitrogens with zero attached hydrogens (tertiary/aromatic N) is 1. The van der Waals surface area contributed by atoms with Crippen LogP contribution in [-0.4, -0.2) is 48.7 Å². The van der Waals surface area contributed by atoms with Gasteiger partial charge in [0.15, 0.2) is 0 Å². The third-order valence-electron chi connectivity index (χ3n) is 5.72. The zero-order valence-corrected chi connectivity index (χ0v) is 14.6. The first-order chi connectivity index (χ1) is 11.7. The number of nitrogens with one attached hydrogen (secondary N) is 1. The lowest BCUT2D eigenvalue weighted by atomic mass is 9.86. The number of ether oxygens (including phenoxy) is 1. The Hall–Kier alpha value is -1.43. The number of benzene rings is 1. The molecule has 0 aromatic heterocycles. The van der Waals surface area contributed by atoms with Crippen molar-refractivity contribution in [3.8, 4) is 0 Å². The summed E-state index contributed by atoms with van der Waals surface area (Å²) in [4.78, 5) is 15.2. The van der Waals surface area contributed by atoms with Crippen LogP contribution in [0, 0.1) is 0 Å². The first-order valence-electron chi connectivity index (χ1n) is 9.08. The number of hydrogen-bond acceptors (Lipinski definition) is 4. The van der Waals surface area contributed by atoms with E-state index in [9.17, 15) is 4.79 Å². The summed E-state index contributed by atoms with van der Waals surface area (Å²) in [6, 6.07) is 7.69. The number of amides is 1. The van der Waals surface area contributed by atoms with Gasteiger partial charge in [0.25, 0.3) is 5.91 Å². The summed E-state index contributed by atoms with van der Waals surface area (Å²) < 4.78 is 5.52. The van der Waals surface area contributed by atoms with E-state index in [0.29, 0.717) is 12.1 Å². The second-order valence-corrected chi connectivity index (χ2v) is 7.01. The Morgan fingerprint density at radius 1 is 1.25 bits per heavy atom. The zero-order chi connectivity index (χ0) is 17.0. The van der Waals surface area contributed by atoms with Crippen LogP contribution in [0.4, 0.5) is 0 Å². The van der Waals surface area contributed by atoms with Gasteiger partial charge in [-0.1, -0.05) is 25.0 Å². The number of morpholine rings is 1. The fraction of sp³-hybridized carbons (Fsp3) is 0.632. The van der Waals surface area contributed by atoms with E-state index in [0.717, 1.165) is 44.7 Å². The van der Waals surface area contributed by atoms with E-state index in [-0.39, 0.29) is 17.5 Å². The van der Waals surface area contributed by atoms with Gasteiger partial charge in [-0.05, 0) is 37.5 Å². The summed E-state index contributed by atoms with van der Waals surface area (Å²) in [5.74, 6) is 0.00519. The van der Waals surface area contributed by atoms with Crippen LogP contribution in [0.15, 0.2) is 24.3 Å².